The molecule has 1 fully saturated rings. The van der Waals surface area contributed by atoms with Crippen LogP contribution in [0, 0.1) is 11.6 Å². The molecule has 1 aliphatic heterocycles. The van der Waals surface area contributed by atoms with Crippen molar-refractivity contribution in [1.29, 1.82) is 0 Å². The van der Waals surface area contributed by atoms with Crippen LogP contribution in [0.5, 0.6) is 0 Å². The highest BCUT2D eigenvalue weighted by molar-refractivity contribution is 5.32. The van der Waals surface area contributed by atoms with E-state index in [0.29, 0.717) is 13.1 Å². The molecule has 0 amide bonds. The Labute approximate surface area is 133 Å². The van der Waals surface area contributed by atoms with E-state index in [1.165, 1.54) is 24.3 Å². The summed E-state index contributed by atoms with van der Waals surface area (Å²) < 4.78 is 40.0. The summed E-state index contributed by atoms with van der Waals surface area (Å²) in [6.45, 7) is 1.53. The van der Waals surface area contributed by atoms with Gasteiger partial charge in [0.25, 0.3) is 0 Å². The molecule has 1 saturated heterocycles. The second-order valence-electron chi connectivity index (χ2n) is 5.76. The van der Waals surface area contributed by atoms with E-state index >= 15 is 0 Å². The van der Waals surface area contributed by atoms with Gasteiger partial charge in [0.2, 0.25) is 0 Å². The molecule has 0 aliphatic carbocycles. The summed E-state index contributed by atoms with van der Waals surface area (Å²) in [5.74, 6) is -0.622. The summed E-state index contributed by atoms with van der Waals surface area (Å²) in [4.78, 5) is 2.07. The Morgan fingerprint density at radius 1 is 0.957 bits per heavy atom. The van der Waals surface area contributed by atoms with Gasteiger partial charge < -0.3 is 5.32 Å². The van der Waals surface area contributed by atoms with Gasteiger partial charge in [-0.2, -0.15) is 0 Å². The van der Waals surface area contributed by atoms with Crippen molar-refractivity contribution in [2.24, 2.45) is 0 Å². The number of nitrogens with zero attached hydrogens (tertiary/aromatic N) is 1. The minimum atomic E-state index is -0.466. The topological polar surface area (TPSA) is 15.3 Å². The number of alkyl halides is 1. The Balaban J connectivity index is 2.01. The summed E-state index contributed by atoms with van der Waals surface area (Å²) in [6.07, 6.45) is 0. The van der Waals surface area contributed by atoms with Gasteiger partial charge in [-0.25, -0.2) is 13.2 Å². The largest absolute Gasteiger partial charge is 0.314 e. The van der Waals surface area contributed by atoms with E-state index in [9.17, 15) is 13.2 Å². The first-order chi connectivity index (χ1) is 11.2. The molecule has 1 aliphatic rings. The molecule has 3 rings (SSSR count). The van der Waals surface area contributed by atoms with Crippen LogP contribution in [0.2, 0.25) is 0 Å². The zero-order valence-corrected chi connectivity index (χ0v) is 12.7. The normalized spacial score (nSPS) is 19.2. The number of nitrogens with one attached hydrogen (secondary N) is 1. The molecule has 23 heavy (non-hydrogen) atoms. The van der Waals surface area contributed by atoms with Gasteiger partial charge in [0.15, 0.2) is 0 Å². The van der Waals surface area contributed by atoms with Gasteiger partial charge in [0.1, 0.15) is 18.3 Å². The SMILES string of the molecule is FCC1CNCCN1C(c1ccc(F)cc1)c1ccc(F)cc1. The standard InChI is InChI=1S/C18H19F3N2/c19-11-17-12-22-9-10-23(17)18(13-1-5-15(20)6-2-13)14-3-7-16(21)8-4-14/h1-8,17-18,22H,9-12H2. The fourth-order valence-electron chi connectivity index (χ4n) is 3.13. The number of hydrogen-bond donors (Lipinski definition) is 1. The summed E-state index contributed by atoms with van der Waals surface area (Å²) in [5.41, 5.74) is 1.75. The van der Waals surface area contributed by atoms with Crippen LogP contribution >= 0.6 is 0 Å². The van der Waals surface area contributed by atoms with Crippen molar-refractivity contribution in [2.75, 3.05) is 26.3 Å². The lowest BCUT2D eigenvalue weighted by atomic mass is 9.95. The number of hydrogen-bond acceptors (Lipinski definition) is 2. The molecule has 5 heteroatoms. The molecule has 0 spiro atoms. The zero-order valence-electron chi connectivity index (χ0n) is 12.7. The predicted molar refractivity (Wildman–Crippen MR) is 84.0 cm³/mol. The van der Waals surface area contributed by atoms with Crippen molar-refractivity contribution < 1.29 is 13.2 Å². The molecule has 1 unspecified atom stereocenters. The summed E-state index contributed by atoms with van der Waals surface area (Å²) >= 11 is 0. The molecule has 122 valence electrons. The van der Waals surface area contributed by atoms with Gasteiger partial charge >= 0.3 is 0 Å². The third-order valence-corrected chi connectivity index (χ3v) is 4.28. The number of rotatable bonds is 4. The number of piperazine rings is 1. The second-order valence-corrected chi connectivity index (χ2v) is 5.76. The van der Waals surface area contributed by atoms with Crippen LogP contribution in [0.15, 0.2) is 48.5 Å². The second kappa shape index (κ2) is 7.15. The Morgan fingerprint density at radius 2 is 1.48 bits per heavy atom. The molecule has 0 bridgehead atoms. The molecule has 1 N–H and O–H groups in total. The van der Waals surface area contributed by atoms with Crippen molar-refractivity contribution >= 4 is 0 Å². The summed E-state index contributed by atoms with van der Waals surface area (Å²) in [5, 5.41) is 3.19. The molecular weight excluding hydrogens is 301 g/mol. The monoisotopic (exact) mass is 320 g/mol. The average Bonchev–Trinajstić information content (AvgIpc) is 2.59. The molecule has 2 nitrogen and oxygen atoms in total. The van der Waals surface area contributed by atoms with Crippen molar-refractivity contribution in [3.63, 3.8) is 0 Å². The Morgan fingerprint density at radius 3 is 1.96 bits per heavy atom. The van der Waals surface area contributed by atoms with Crippen LogP contribution in [0.3, 0.4) is 0 Å². The van der Waals surface area contributed by atoms with Crippen LogP contribution in [0.1, 0.15) is 17.2 Å². The lowest BCUT2D eigenvalue weighted by Crippen LogP contribution is -2.53. The Bertz CT molecular complexity index is 582. The molecule has 1 atom stereocenters. The van der Waals surface area contributed by atoms with Gasteiger partial charge in [0.05, 0.1) is 12.1 Å². The first kappa shape index (κ1) is 16.0. The van der Waals surface area contributed by atoms with Gasteiger partial charge in [-0.05, 0) is 35.4 Å². The lowest BCUT2D eigenvalue weighted by Gasteiger charge is -2.41. The highest BCUT2D eigenvalue weighted by atomic mass is 19.1. The predicted octanol–water partition coefficient (Wildman–Crippen LogP) is 3.30. The highest BCUT2D eigenvalue weighted by Crippen LogP contribution is 2.31. The lowest BCUT2D eigenvalue weighted by molar-refractivity contribution is 0.104. The minimum Gasteiger partial charge on any atom is -0.314 e. The van der Waals surface area contributed by atoms with Crippen molar-refractivity contribution in [1.82, 2.24) is 10.2 Å². The number of halogens is 3. The van der Waals surface area contributed by atoms with Crippen LogP contribution in [-0.2, 0) is 0 Å². The van der Waals surface area contributed by atoms with Crippen LogP contribution in [0.25, 0.3) is 0 Å². The first-order valence-corrected chi connectivity index (χ1v) is 7.72. The fourth-order valence-corrected chi connectivity index (χ4v) is 3.13. The fraction of sp³-hybridized carbons (Fsp3) is 0.333. The molecule has 1 heterocycles. The molecule has 2 aromatic rings. The molecular formula is C18H19F3N2. The maximum atomic E-state index is 13.4. The van der Waals surface area contributed by atoms with Crippen molar-refractivity contribution in [2.45, 2.75) is 12.1 Å². The van der Waals surface area contributed by atoms with E-state index in [-0.39, 0.29) is 23.7 Å². The van der Waals surface area contributed by atoms with Gasteiger partial charge in [-0.3, -0.25) is 4.90 Å². The van der Waals surface area contributed by atoms with E-state index < -0.39 is 6.67 Å². The van der Waals surface area contributed by atoms with E-state index in [1.807, 2.05) is 0 Å². The Kier molecular flexibility index (Phi) is 4.98. The third-order valence-electron chi connectivity index (χ3n) is 4.28. The van der Waals surface area contributed by atoms with Gasteiger partial charge in [-0.1, -0.05) is 24.3 Å². The molecule has 0 radical (unpaired) electrons. The summed E-state index contributed by atoms with van der Waals surface area (Å²) in [6, 6.07) is 12.0. The first-order valence-electron chi connectivity index (χ1n) is 7.72. The van der Waals surface area contributed by atoms with Gasteiger partial charge in [-0.15, -0.1) is 0 Å². The molecule has 0 aromatic heterocycles. The van der Waals surface area contributed by atoms with E-state index in [0.717, 1.165) is 17.7 Å². The van der Waals surface area contributed by atoms with Crippen LogP contribution in [-0.4, -0.2) is 37.3 Å². The molecule has 2 aromatic carbocycles. The minimum absolute atomic E-state index is 0.223. The summed E-state index contributed by atoms with van der Waals surface area (Å²) in [7, 11) is 0. The molecule has 0 saturated carbocycles. The van der Waals surface area contributed by atoms with Crippen molar-refractivity contribution in [3.05, 3.63) is 71.3 Å². The van der Waals surface area contributed by atoms with E-state index in [4.69, 9.17) is 0 Å². The Hall–Kier alpha value is -1.85. The van der Waals surface area contributed by atoms with Crippen LogP contribution in [0.4, 0.5) is 13.2 Å². The smallest absolute Gasteiger partial charge is 0.123 e. The third kappa shape index (κ3) is 3.57. The maximum Gasteiger partial charge on any atom is 0.123 e. The van der Waals surface area contributed by atoms with E-state index in [2.05, 4.69) is 10.2 Å². The van der Waals surface area contributed by atoms with Crippen LogP contribution < -0.4 is 5.32 Å². The number of benzene rings is 2. The zero-order chi connectivity index (χ0) is 16.2. The van der Waals surface area contributed by atoms with Crippen molar-refractivity contribution in [3.8, 4) is 0 Å². The highest BCUT2D eigenvalue weighted by Gasteiger charge is 2.30. The average molecular weight is 320 g/mol. The van der Waals surface area contributed by atoms with E-state index in [1.54, 1.807) is 24.3 Å². The quantitative estimate of drug-likeness (QED) is 0.930. The maximum absolute atomic E-state index is 13.4. The van der Waals surface area contributed by atoms with Gasteiger partial charge in [0, 0.05) is 19.6 Å².